The molecular formula is C13H16ClFN2O. The van der Waals surface area contributed by atoms with Crippen molar-refractivity contribution >= 4 is 17.5 Å². The maximum Gasteiger partial charge on any atom is 0.251 e. The summed E-state index contributed by atoms with van der Waals surface area (Å²) in [5.74, 6) is -0.828. The predicted molar refractivity (Wildman–Crippen MR) is 69.4 cm³/mol. The summed E-state index contributed by atoms with van der Waals surface area (Å²) in [4.78, 5) is 11.7. The first-order chi connectivity index (χ1) is 8.66. The minimum atomic E-state index is -0.568. The van der Waals surface area contributed by atoms with Gasteiger partial charge >= 0.3 is 0 Å². The lowest BCUT2D eigenvalue weighted by atomic mass is 10.1. The van der Waals surface area contributed by atoms with Gasteiger partial charge in [0.2, 0.25) is 0 Å². The minimum absolute atomic E-state index is 0.0294. The molecule has 0 aromatic heterocycles. The van der Waals surface area contributed by atoms with Crippen LogP contribution in [0, 0.1) is 5.82 Å². The Morgan fingerprint density at radius 3 is 3.06 bits per heavy atom. The van der Waals surface area contributed by atoms with Crippen LogP contribution in [0.15, 0.2) is 18.2 Å². The third kappa shape index (κ3) is 3.43. The van der Waals surface area contributed by atoms with Gasteiger partial charge in [-0.05, 0) is 44.0 Å². The molecule has 0 bridgehead atoms. The summed E-state index contributed by atoms with van der Waals surface area (Å²) >= 11 is 5.56. The zero-order chi connectivity index (χ0) is 13.0. The van der Waals surface area contributed by atoms with E-state index in [1.165, 1.54) is 18.6 Å². The SMILES string of the molecule is O=C(NCCC1CCCN1)c1ccc(Cl)c(F)c1. The van der Waals surface area contributed by atoms with E-state index in [9.17, 15) is 9.18 Å². The zero-order valence-corrected chi connectivity index (χ0v) is 10.8. The fraction of sp³-hybridized carbons (Fsp3) is 0.462. The van der Waals surface area contributed by atoms with Crippen LogP contribution in [0.25, 0.3) is 0 Å². The second-order valence-electron chi connectivity index (χ2n) is 4.47. The molecule has 1 aromatic carbocycles. The Morgan fingerprint density at radius 1 is 1.56 bits per heavy atom. The maximum absolute atomic E-state index is 13.2. The molecule has 1 fully saturated rings. The number of nitrogens with one attached hydrogen (secondary N) is 2. The van der Waals surface area contributed by atoms with Crippen molar-refractivity contribution in [3.63, 3.8) is 0 Å². The van der Waals surface area contributed by atoms with E-state index in [-0.39, 0.29) is 10.9 Å². The smallest absolute Gasteiger partial charge is 0.251 e. The molecule has 18 heavy (non-hydrogen) atoms. The zero-order valence-electron chi connectivity index (χ0n) is 10.0. The Labute approximate surface area is 111 Å². The number of carbonyl (C=O) groups is 1. The van der Waals surface area contributed by atoms with E-state index in [0.717, 1.165) is 25.5 Å². The quantitative estimate of drug-likeness (QED) is 0.882. The van der Waals surface area contributed by atoms with Crippen molar-refractivity contribution in [3.05, 3.63) is 34.6 Å². The Morgan fingerprint density at radius 2 is 2.39 bits per heavy atom. The van der Waals surface area contributed by atoms with Gasteiger partial charge in [-0.1, -0.05) is 11.6 Å². The Hall–Kier alpha value is -1.13. The molecule has 2 rings (SSSR count). The highest BCUT2D eigenvalue weighted by Crippen LogP contribution is 2.15. The normalized spacial score (nSPS) is 18.9. The molecule has 1 atom stereocenters. The highest BCUT2D eigenvalue weighted by Gasteiger charge is 2.14. The van der Waals surface area contributed by atoms with E-state index in [2.05, 4.69) is 10.6 Å². The van der Waals surface area contributed by atoms with Gasteiger partial charge in [-0.2, -0.15) is 0 Å². The van der Waals surface area contributed by atoms with E-state index >= 15 is 0 Å². The van der Waals surface area contributed by atoms with Crippen LogP contribution in [-0.4, -0.2) is 25.0 Å². The molecule has 0 spiro atoms. The second-order valence-corrected chi connectivity index (χ2v) is 4.87. The molecule has 5 heteroatoms. The third-order valence-corrected chi connectivity index (χ3v) is 3.43. The second kappa shape index (κ2) is 6.16. The Balaban J connectivity index is 1.81. The average molecular weight is 271 g/mol. The first-order valence-corrected chi connectivity index (χ1v) is 6.51. The van der Waals surface area contributed by atoms with Gasteiger partial charge in [-0.15, -0.1) is 0 Å². The third-order valence-electron chi connectivity index (χ3n) is 3.12. The first-order valence-electron chi connectivity index (χ1n) is 6.13. The molecule has 3 nitrogen and oxygen atoms in total. The van der Waals surface area contributed by atoms with Crippen molar-refractivity contribution in [2.45, 2.75) is 25.3 Å². The molecule has 1 heterocycles. The standard InChI is InChI=1S/C13H16ClFN2O/c14-11-4-3-9(8-12(11)15)13(18)17-7-5-10-2-1-6-16-10/h3-4,8,10,16H,1-2,5-7H2,(H,17,18). The van der Waals surface area contributed by atoms with Crippen LogP contribution in [0.3, 0.4) is 0 Å². The Kier molecular flexibility index (Phi) is 4.55. The van der Waals surface area contributed by atoms with Gasteiger partial charge in [0, 0.05) is 18.2 Å². The number of halogens is 2. The lowest BCUT2D eigenvalue weighted by molar-refractivity contribution is 0.0952. The monoisotopic (exact) mass is 270 g/mol. The van der Waals surface area contributed by atoms with Gasteiger partial charge in [0.15, 0.2) is 0 Å². The molecule has 1 saturated heterocycles. The average Bonchev–Trinajstić information content (AvgIpc) is 2.85. The fourth-order valence-corrected chi connectivity index (χ4v) is 2.22. The fourth-order valence-electron chi connectivity index (χ4n) is 2.10. The number of rotatable bonds is 4. The van der Waals surface area contributed by atoms with Crippen molar-refractivity contribution in [2.75, 3.05) is 13.1 Å². The lowest BCUT2D eigenvalue weighted by Crippen LogP contribution is -2.30. The molecule has 0 radical (unpaired) electrons. The molecule has 0 saturated carbocycles. The molecule has 1 aliphatic heterocycles. The van der Waals surface area contributed by atoms with Crippen molar-refractivity contribution in [1.29, 1.82) is 0 Å². The van der Waals surface area contributed by atoms with Crippen molar-refractivity contribution in [3.8, 4) is 0 Å². The van der Waals surface area contributed by atoms with Crippen LogP contribution in [0.1, 0.15) is 29.6 Å². The van der Waals surface area contributed by atoms with Crippen molar-refractivity contribution in [1.82, 2.24) is 10.6 Å². The highest BCUT2D eigenvalue weighted by atomic mass is 35.5. The van der Waals surface area contributed by atoms with Crippen LogP contribution in [0.5, 0.6) is 0 Å². The van der Waals surface area contributed by atoms with E-state index in [4.69, 9.17) is 11.6 Å². The van der Waals surface area contributed by atoms with Gasteiger partial charge in [-0.3, -0.25) is 4.79 Å². The van der Waals surface area contributed by atoms with Crippen LogP contribution in [0.2, 0.25) is 5.02 Å². The van der Waals surface area contributed by atoms with Gasteiger partial charge in [-0.25, -0.2) is 4.39 Å². The summed E-state index contributed by atoms with van der Waals surface area (Å²) in [7, 11) is 0. The largest absolute Gasteiger partial charge is 0.352 e. The van der Waals surface area contributed by atoms with Gasteiger partial charge in [0.1, 0.15) is 5.82 Å². The highest BCUT2D eigenvalue weighted by molar-refractivity contribution is 6.30. The predicted octanol–water partition coefficient (Wildman–Crippen LogP) is 2.35. The summed E-state index contributed by atoms with van der Waals surface area (Å²) in [5.41, 5.74) is 0.302. The summed E-state index contributed by atoms with van der Waals surface area (Å²) in [6.07, 6.45) is 3.26. The van der Waals surface area contributed by atoms with Crippen LogP contribution >= 0.6 is 11.6 Å². The van der Waals surface area contributed by atoms with Crippen LogP contribution in [0.4, 0.5) is 4.39 Å². The van der Waals surface area contributed by atoms with Crippen molar-refractivity contribution in [2.24, 2.45) is 0 Å². The van der Waals surface area contributed by atoms with Gasteiger partial charge in [0.25, 0.3) is 5.91 Å². The number of hydrogen-bond donors (Lipinski definition) is 2. The summed E-state index contributed by atoms with van der Waals surface area (Å²) in [6.45, 7) is 1.65. The lowest BCUT2D eigenvalue weighted by Gasteiger charge is -2.10. The van der Waals surface area contributed by atoms with Crippen molar-refractivity contribution < 1.29 is 9.18 Å². The van der Waals surface area contributed by atoms with E-state index in [0.29, 0.717) is 18.2 Å². The molecular weight excluding hydrogens is 255 g/mol. The molecule has 2 N–H and O–H groups in total. The van der Waals surface area contributed by atoms with Gasteiger partial charge < -0.3 is 10.6 Å². The minimum Gasteiger partial charge on any atom is -0.352 e. The molecule has 1 amide bonds. The summed E-state index contributed by atoms with van der Waals surface area (Å²) < 4.78 is 13.2. The van der Waals surface area contributed by atoms with E-state index < -0.39 is 5.82 Å². The first kappa shape index (κ1) is 13.3. The summed E-state index contributed by atoms with van der Waals surface area (Å²) in [5, 5.41) is 6.17. The topological polar surface area (TPSA) is 41.1 Å². The molecule has 0 aliphatic carbocycles. The number of carbonyl (C=O) groups excluding carboxylic acids is 1. The van der Waals surface area contributed by atoms with E-state index in [1.807, 2.05) is 0 Å². The van der Waals surface area contributed by atoms with Crippen LogP contribution < -0.4 is 10.6 Å². The Bertz CT molecular complexity index is 433. The number of benzene rings is 1. The van der Waals surface area contributed by atoms with E-state index in [1.54, 1.807) is 0 Å². The number of amides is 1. The summed E-state index contributed by atoms with van der Waals surface area (Å²) in [6, 6.07) is 4.57. The van der Waals surface area contributed by atoms with Crippen LogP contribution in [-0.2, 0) is 0 Å². The number of hydrogen-bond acceptors (Lipinski definition) is 2. The molecule has 1 aliphatic rings. The molecule has 98 valence electrons. The molecule has 1 aromatic rings. The molecule has 1 unspecified atom stereocenters. The van der Waals surface area contributed by atoms with Gasteiger partial charge in [0.05, 0.1) is 5.02 Å². The maximum atomic E-state index is 13.2.